The number of rotatable bonds is 5. The van der Waals surface area contributed by atoms with E-state index in [1.165, 1.54) is 0 Å². The van der Waals surface area contributed by atoms with Gasteiger partial charge in [-0.25, -0.2) is 0 Å². The molecule has 1 aliphatic rings. The molecule has 0 amide bonds. The molecule has 1 fully saturated rings. The van der Waals surface area contributed by atoms with Gasteiger partial charge in [0.25, 0.3) is 0 Å². The molecule has 0 spiro atoms. The van der Waals surface area contributed by atoms with Crippen LogP contribution in [0.25, 0.3) is 0 Å². The molecular formula is C12H21N3O2. The number of hydrogen-bond acceptors (Lipinski definition) is 5. The number of hydrogen-bond donors (Lipinski definition) is 1. The molecule has 96 valence electrons. The molecule has 1 unspecified atom stereocenters. The summed E-state index contributed by atoms with van der Waals surface area (Å²) in [6.45, 7) is 3.83. The molecule has 0 aromatic carbocycles. The van der Waals surface area contributed by atoms with E-state index in [0.29, 0.717) is 12.0 Å². The Hall–Kier alpha value is -0.940. The Kier molecular flexibility index (Phi) is 4.50. The minimum absolute atomic E-state index is 0.378. The van der Waals surface area contributed by atoms with Crippen molar-refractivity contribution in [2.75, 3.05) is 20.3 Å². The van der Waals surface area contributed by atoms with Crippen LogP contribution >= 0.6 is 0 Å². The summed E-state index contributed by atoms with van der Waals surface area (Å²) in [4.78, 5) is 4.43. The standard InChI is InChI=1S/C12H21N3O2/c1-9(13-2)7-11-14-12(17-15-11)8-10-3-5-16-6-4-10/h9-10,13H,3-8H2,1-2H3. The van der Waals surface area contributed by atoms with E-state index in [2.05, 4.69) is 22.4 Å². The first-order chi connectivity index (χ1) is 8.28. The number of nitrogens with one attached hydrogen (secondary N) is 1. The number of aromatic nitrogens is 2. The number of likely N-dealkylation sites (N-methyl/N-ethyl adjacent to an activating group) is 1. The van der Waals surface area contributed by atoms with Crippen molar-refractivity contribution in [2.45, 2.75) is 38.6 Å². The van der Waals surface area contributed by atoms with Crippen molar-refractivity contribution < 1.29 is 9.26 Å². The first-order valence-corrected chi connectivity index (χ1v) is 6.34. The lowest BCUT2D eigenvalue weighted by Gasteiger charge is -2.19. The molecule has 2 rings (SSSR count). The van der Waals surface area contributed by atoms with E-state index in [-0.39, 0.29) is 0 Å². The highest BCUT2D eigenvalue weighted by atomic mass is 16.5. The fourth-order valence-corrected chi connectivity index (χ4v) is 2.03. The fraction of sp³-hybridized carbons (Fsp3) is 0.833. The summed E-state index contributed by atoms with van der Waals surface area (Å²) < 4.78 is 10.6. The topological polar surface area (TPSA) is 60.2 Å². The molecule has 5 nitrogen and oxygen atoms in total. The lowest BCUT2D eigenvalue weighted by Crippen LogP contribution is -2.24. The van der Waals surface area contributed by atoms with Crippen LogP contribution < -0.4 is 5.32 Å². The third kappa shape index (κ3) is 3.78. The predicted molar refractivity (Wildman–Crippen MR) is 63.8 cm³/mol. The van der Waals surface area contributed by atoms with E-state index in [0.717, 1.165) is 50.6 Å². The van der Waals surface area contributed by atoms with Crippen molar-refractivity contribution in [3.05, 3.63) is 11.7 Å². The maximum atomic E-state index is 5.33. The summed E-state index contributed by atoms with van der Waals surface area (Å²) in [6.07, 6.45) is 3.91. The Bertz CT molecular complexity index is 334. The molecule has 1 N–H and O–H groups in total. The van der Waals surface area contributed by atoms with Crippen LogP contribution in [-0.4, -0.2) is 36.4 Å². The predicted octanol–water partition coefficient (Wildman–Crippen LogP) is 1.19. The van der Waals surface area contributed by atoms with Gasteiger partial charge in [-0.05, 0) is 32.7 Å². The van der Waals surface area contributed by atoms with Gasteiger partial charge in [0, 0.05) is 32.1 Å². The van der Waals surface area contributed by atoms with Crippen molar-refractivity contribution in [2.24, 2.45) is 5.92 Å². The smallest absolute Gasteiger partial charge is 0.226 e. The third-order valence-electron chi connectivity index (χ3n) is 3.30. The molecule has 1 atom stereocenters. The highest BCUT2D eigenvalue weighted by Gasteiger charge is 2.18. The minimum Gasteiger partial charge on any atom is -0.381 e. The fourth-order valence-electron chi connectivity index (χ4n) is 2.03. The SMILES string of the molecule is CNC(C)Cc1noc(CC2CCOCC2)n1. The molecule has 1 saturated heterocycles. The van der Waals surface area contributed by atoms with E-state index >= 15 is 0 Å². The van der Waals surface area contributed by atoms with Crippen LogP contribution in [-0.2, 0) is 17.6 Å². The average Bonchev–Trinajstić information content (AvgIpc) is 2.77. The second kappa shape index (κ2) is 6.12. The van der Waals surface area contributed by atoms with Crippen LogP contribution in [0.2, 0.25) is 0 Å². The van der Waals surface area contributed by atoms with E-state index in [1.54, 1.807) is 0 Å². The molecule has 5 heteroatoms. The lowest BCUT2D eigenvalue weighted by molar-refractivity contribution is 0.0642. The van der Waals surface area contributed by atoms with Crippen LogP contribution in [0.1, 0.15) is 31.5 Å². The Labute approximate surface area is 102 Å². The maximum Gasteiger partial charge on any atom is 0.226 e. The van der Waals surface area contributed by atoms with Crippen molar-refractivity contribution in [1.29, 1.82) is 0 Å². The normalized spacial score (nSPS) is 19.4. The summed E-state index contributed by atoms with van der Waals surface area (Å²) in [5.41, 5.74) is 0. The van der Waals surface area contributed by atoms with E-state index in [1.807, 2.05) is 7.05 Å². The zero-order valence-corrected chi connectivity index (χ0v) is 10.6. The molecule has 0 radical (unpaired) electrons. The molecule has 1 aliphatic heterocycles. The second-order valence-corrected chi connectivity index (χ2v) is 4.76. The van der Waals surface area contributed by atoms with Crippen LogP contribution in [0.3, 0.4) is 0 Å². The Morgan fingerprint density at radius 1 is 1.41 bits per heavy atom. The largest absolute Gasteiger partial charge is 0.381 e. The molecule has 1 aromatic rings. The highest BCUT2D eigenvalue weighted by molar-refractivity contribution is 4.90. The van der Waals surface area contributed by atoms with E-state index < -0.39 is 0 Å². The van der Waals surface area contributed by atoms with Crippen molar-refractivity contribution in [1.82, 2.24) is 15.5 Å². The Morgan fingerprint density at radius 3 is 2.88 bits per heavy atom. The monoisotopic (exact) mass is 239 g/mol. The van der Waals surface area contributed by atoms with Crippen LogP contribution in [0.5, 0.6) is 0 Å². The van der Waals surface area contributed by atoms with Crippen LogP contribution in [0, 0.1) is 5.92 Å². The van der Waals surface area contributed by atoms with Crippen molar-refractivity contribution in [3.8, 4) is 0 Å². The molecule has 2 heterocycles. The van der Waals surface area contributed by atoms with Crippen molar-refractivity contribution >= 4 is 0 Å². The number of nitrogens with zero attached hydrogens (tertiary/aromatic N) is 2. The molecule has 1 aromatic heterocycles. The van der Waals surface area contributed by atoms with Gasteiger partial charge in [-0.3, -0.25) is 0 Å². The van der Waals surface area contributed by atoms with Crippen molar-refractivity contribution in [3.63, 3.8) is 0 Å². The average molecular weight is 239 g/mol. The van der Waals surface area contributed by atoms with Gasteiger partial charge in [-0.1, -0.05) is 5.16 Å². The second-order valence-electron chi connectivity index (χ2n) is 4.76. The van der Waals surface area contributed by atoms with Gasteiger partial charge in [0.05, 0.1) is 0 Å². The summed E-state index contributed by atoms with van der Waals surface area (Å²) in [5.74, 6) is 2.21. The van der Waals surface area contributed by atoms with E-state index in [4.69, 9.17) is 9.26 Å². The molecule has 0 aliphatic carbocycles. The minimum atomic E-state index is 0.378. The zero-order valence-electron chi connectivity index (χ0n) is 10.6. The van der Waals surface area contributed by atoms with Gasteiger partial charge in [0.2, 0.25) is 5.89 Å². The number of ether oxygens (including phenoxy) is 1. The first-order valence-electron chi connectivity index (χ1n) is 6.34. The maximum absolute atomic E-state index is 5.33. The first kappa shape index (κ1) is 12.5. The lowest BCUT2D eigenvalue weighted by atomic mass is 9.97. The van der Waals surface area contributed by atoms with Gasteiger partial charge in [-0.2, -0.15) is 4.98 Å². The van der Waals surface area contributed by atoms with Crippen LogP contribution in [0.15, 0.2) is 4.52 Å². The van der Waals surface area contributed by atoms with Gasteiger partial charge in [0.15, 0.2) is 5.82 Å². The van der Waals surface area contributed by atoms with Gasteiger partial charge >= 0.3 is 0 Å². The van der Waals surface area contributed by atoms with Gasteiger partial charge in [0.1, 0.15) is 0 Å². The van der Waals surface area contributed by atoms with Gasteiger partial charge < -0.3 is 14.6 Å². The molecule has 17 heavy (non-hydrogen) atoms. The Balaban J connectivity index is 1.84. The zero-order chi connectivity index (χ0) is 12.1. The van der Waals surface area contributed by atoms with Crippen LogP contribution in [0.4, 0.5) is 0 Å². The van der Waals surface area contributed by atoms with Gasteiger partial charge in [-0.15, -0.1) is 0 Å². The summed E-state index contributed by atoms with van der Waals surface area (Å²) in [7, 11) is 1.94. The highest BCUT2D eigenvalue weighted by Crippen LogP contribution is 2.19. The summed E-state index contributed by atoms with van der Waals surface area (Å²) >= 11 is 0. The van der Waals surface area contributed by atoms with E-state index in [9.17, 15) is 0 Å². The molecular weight excluding hydrogens is 218 g/mol. The summed E-state index contributed by atoms with van der Waals surface area (Å²) in [6, 6.07) is 0.378. The quantitative estimate of drug-likeness (QED) is 0.836. The molecule has 0 saturated carbocycles. The third-order valence-corrected chi connectivity index (χ3v) is 3.30. The Morgan fingerprint density at radius 2 is 2.18 bits per heavy atom. The summed E-state index contributed by atoms with van der Waals surface area (Å²) in [5, 5.41) is 7.18. The molecule has 0 bridgehead atoms.